The maximum atomic E-state index is 2.34. The third kappa shape index (κ3) is 4.23. The highest BCUT2D eigenvalue weighted by Crippen LogP contribution is 2.27. The van der Waals surface area contributed by atoms with Crippen molar-refractivity contribution in [3.63, 3.8) is 0 Å². The Labute approximate surface area is 71.7 Å². The fourth-order valence-electron chi connectivity index (χ4n) is 0.633. The van der Waals surface area contributed by atoms with Crippen LogP contribution in [0.2, 0.25) is 0 Å². The predicted molar refractivity (Wildman–Crippen MR) is 52.6 cm³/mol. The molecule has 0 nitrogen and oxygen atoms in total. The zero-order chi connectivity index (χ0) is 9.07. The van der Waals surface area contributed by atoms with Crippen LogP contribution in [-0.4, -0.2) is 0 Å². The van der Waals surface area contributed by atoms with E-state index in [0.717, 1.165) is 5.92 Å². The Morgan fingerprint density at radius 2 is 1.45 bits per heavy atom. The Kier molecular flexibility index (Phi) is 3.85. The van der Waals surface area contributed by atoms with E-state index in [9.17, 15) is 0 Å². The lowest BCUT2D eigenvalue weighted by atomic mass is 9.80. The largest absolute Gasteiger partial charge is 0.0854 e. The molecule has 0 spiro atoms. The molecule has 0 amide bonds. The van der Waals surface area contributed by atoms with Crippen LogP contribution in [0.5, 0.6) is 0 Å². The van der Waals surface area contributed by atoms with Gasteiger partial charge in [0.2, 0.25) is 0 Å². The number of hydrogen-bond donors (Lipinski definition) is 0. The second-order valence-corrected chi connectivity index (χ2v) is 4.58. The minimum absolute atomic E-state index is 0.351. The Bertz CT molecular complexity index is 127. The third-order valence-corrected chi connectivity index (χ3v) is 2.40. The molecule has 0 bridgehead atoms. The molecule has 0 atom stereocenters. The van der Waals surface area contributed by atoms with E-state index in [2.05, 4.69) is 53.7 Å². The fourth-order valence-corrected chi connectivity index (χ4v) is 0.633. The normalized spacial score (nSPS) is 13.8. The average Bonchev–Trinajstić information content (AvgIpc) is 1.84. The van der Waals surface area contributed by atoms with Gasteiger partial charge in [-0.15, -0.1) is 0 Å². The Morgan fingerprint density at radius 1 is 1.00 bits per heavy atom. The molecule has 11 heavy (non-hydrogen) atoms. The SMILES string of the molecule is CC(C)/C=C\C(C)(C)C(C)C. The molecule has 0 unspecified atom stereocenters. The molecule has 0 aromatic carbocycles. The summed E-state index contributed by atoms with van der Waals surface area (Å²) in [6, 6.07) is 0. The molecule has 0 N–H and O–H groups in total. The van der Waals surface area contributed by atoms with Crippen molar-refractivity contribution in [3.8, 4) is 0 Å². The smallest absolute Gasteiger partial charge is 0.0152 e. The molecular formula is C11H22. The predicted octanol–water partition coefficient (Wildman–Crippen LogP) is 3.88. The summed E-state index contributed by atoms with van der Waals surface area (Å²) < 4.78 is 0. The van der Waals surface area contributed by atoms with Crippen molar-refractivity contribution in [1.82, 2.24) is 0 Å². The van der Waals surface area contributed by atoms with Gasteiger partial charge in [-0.05, 0) is 17.3 Å². The Balaban J connectivity index is 4.11. The molecule has 0 aliphatic carbocycles. The van der Waals surface area contributed by atoms with Crippen LogP contribution in [-0.2, 0) is 0 Å². The summed E-state index contributed by atoms with van der Waals surface area (Å²) >= 11 is 0. The quantitative estimate of drug-likeness (QED) is 0.541. The average molecular weight is 154 g/mol. The van der Waals surface area contributed by atoms with Crippen molar-refractivity contribution in [2.24, 2.45) is 17.3 Å². The van der Waals surface area contributed by atoms with Gasteiger partial charge < -0.3 is 0 Å². The van der Waals surface area contributed by atoms with Gasteiger partial charge in [-0.1, -0.05) is 53.7 Å². The molecule has 0 aromatic heterocycles. The van der Waals surface area contributed by atoms with Gasteiger partial charge in [0.15, 0.2) is 0 Å². The van der Waals surface area contributed by atoms with E-state index in [0.29, 0.717) is 11.3 Å². The van der Waals surface area contributed by atoms with Crippen molar-refractivity contribution in [1.29, 1.82) is 0 Å². The van der Waals surface area contributed by atoms with Gasteiger partial charge in [0.05, 0.1) is 0 Å². The van der Waals surface area contributed by atoms with E-state index >= 15 is 0 Å². The topological polar surface area (TPSA) is 0 Å². The number of rotatable bonds is 3. The Morgan fingerprint density at radius 3 is 1.73 bits per heavy atom. The molecule has 0 heteroatoms. The minimum atomic E-state index is 0.351. The van der Waals surface area contributed by atoms with E-state index in [4.69, 9.17) is 0 Å². The third-order valence-electron chi connectivity index (χ3n) is 2.40. The van der Waals surface area contributed by atoms with Gasteiger partial charge in [0.25, 0.3) is 0 Å². The zero-order valence-corrected chi connectivity index (χ0v) is 8.81. The van der Waals surface area contributed by atoms with E-state index in [1.807, 2.05) is 0 Å². The van der Waals surface area contributed by atoms with Crippen molar-refractivity contribution in [3.05, 3.63) is 12.2 Å². The molecule has 0 heterocycles. The maximum Gasteiger partial charge on any atom is -0.0152 e. The van der Waals surface area contributed by atoms with Crippen LogP contribution in [0.1, 0.15) is 41.5 Å². The van der Waals surface area contributed by atoms with Crippen LogP contribution in [0.3, 0.4) is 0 Å². The van der Waals surface area contributed by atoms with Crippen LogP contribution in [0.15, 0.2) is 12.2 Å². The van der Waals surface area contributed by atoms with Crippen LogP contribution in [0.25, 0.3) is 0 Å². The molecule has 0 aromatic rings. The Hall–Kier alpha value is -0.260. The summed E-state index contributed by atoms with van der Waals surface area (Å²) in [7, 11) is 0. The van der Waals surface area contributed by atoms with E-state index < -0.39 is 0 Å². The van der Waals surface area contributed by atoms with Crippen molar-refractivity contribution in [2.45, 2.75) is 41.5 Å². The van der Waals surface area contributed by atoms with Gasteiger partial charge in [-0.25, -0.2) is 0 Å². The van der Waals surface area contributed by atoms with E-state index in [1.165, 1.54) is 0 Å². The lowest BCUT2D eigenvalue weighted by Gasteiger charge is -2.25. The number of hydrogen-bond acceptors (Lipinski definition) is 0. The molecule has 0 saturated carbocycles. The summed E-state index contributed by atoms with van der Waals surface area (Å²) in [4.78, 5) is 0. The molecule has 0 aliphatic heterocycles. The molecule has 0 rings (SSSR count). The summed E-state index contributed by atoms with van der Waals surface area (Å²) in [6.45, 7) is 13.5. The standard InChI is InChI=1S/C11H22/c1-9(2)7-8-11(5,6)10(3)4/h7-10H,1-6H3/b8-7-. The lowest BCUT2D eigenvalue weighted by molar-refractivity contribution is 0.331. The second-order valence-electron chi connectivity index (χ2n) is 4.58. The zero-order valence-electron chi connectivity index (χ0n) is 8.81. The van der Waals surface area contributed by atoms with Crippen LogP contribution < -0.4 is 0 Å². The summed E-state index contributed by atoms with van der Waals surface area (Å²) in [5, 5.41) is 0. The van der Waals surface area contributed by atoms with Gasteiger partial charge in [-0.2, -0.15) is 0 Å². The summed E-state index contributed by atoms with van der Waals surface area (Å²) in [5.74, 6) is 1.39. The molecular weight excluding hydrogens is 132 g/mol. The first kappa shape index (κ1) is 10.7. The summed E-state index contributed by atoms with van der Waals surface area (Å²) in [6.07, 6.45) is 4.63. The van der Waals surface area contributed by atoms with Gasteiger partial charge >= 0.3 is 0 Å². The van der Waals surface area contributed by atoms with Crippen LogP contribution in [0.4, 0.5) is 0 Å². The molecule has 0 radical (unpaired) electrons. The summed E-state index contributed by atoms with van der Waals surface area (Å²) in [5.41, 5.74) is 0.351. The van der Waals surface area contributed by atoms with E-state index in [1.54, 1.807) is 0 Å². The number of allylic oxidation sites excluding steroid dienone is 2. The van der Waals surface area contributed by atoms with Crippen molar-refractivity contribution < 1.29 is 0 Å². The molecule has 0 fully saturated rings. The minimum Gasteiger partial charge on any atom is -0.0854 e. The first-order valence-electron chi connectivity index (χ1n) is 4.55. The lowest BCUT2D eigenvalue weighted by Crippen LogP contribution is -2.15. The maximum absolute atomic E-state index is 2.34. The highest BCUT2D eigenvalue weighted by molar-refractivity contribution is 4.97. The van der Waals surface area contributed by atoms with Crippen molar-refractivity contribution in [2.75, 3.05) is 0 Å². The van der Waals surface area contributed by atoms with Gasteiger partial charge in [0.1, 0.15) is 0 Å². The molecule has 66 valence electrons. The fraction of sp³-hybridized carbons (Fsp3) is 0.818. The first-order valence-corrected chi connectivity index (χ1v) is 4.55. The van der Waals surface area contributed by atoms with Crippen LogP contribution >= 0.6 is 0 Å². The molecule has 0 aliphatic rings. The van der Waals surface area contributed by atoms with Crippen LogP contribution in [0, 0.1) is 17.3 Å². The first-order chi connectivity index (χ1) is 4.86. The van der Waals surface area contributed by atoms with Gasteiger partial charge in [0, 0.05) is 0 Å². The van der Waals surface area contributed by atoms with Gasteiger partial charge in [-0.3, -0.25) is 0 Å². The highest BCUT2D eigenvalue weighted by atomic mass is 14.2. The highest BCUT2D eigenvalue weighted by Gasteiger charge is 2.17. The second kappa shape index (κ2) is 3.94. The van der Waals surface area contributed by atoms with E-state index in [-0.39, 0.29) is 0 Å². The molecule has 0 saturated heterocycles. The monoisotopic (exact) mass is 154 g/mol. The van der Waals surface area contributed by atoms with Crippen molar-refractivity contribution >= 4 is 0 Å².